The van der Waals surface area contributed by atoms with E-state index in [1.807, 2.05) is 45.8 Å². The highest BCUT2D eigenvalue weighted by molar-refractivity contribution is 7.98. The number of thioether (sulfide) groups is 1. The van der Waals surface area contributed by atoms with Gasteiger partial charge in [0.1, 0.15) is 10.8 Å². The van der Waals surface area contributed by atoms with Crippen LogP contribution in [0.1, 0.15) is 20.8 Å². The summed E-state index contributed by atoms with van der Waals surface area (Å²) in [5, 5.41) is 3.86. The number of hydrogen-bond donors (Lipinski definition) is 1. The number of ether oxygens (including phenoxy) is 1. The molecule has 0 atom stereocenters. The number of anilines is 2. The number of halogens is 1. The molecule has 5 rings (SSSR count). The molecule has 1 saturated heterocycles. The third kappa shape index (κ3) is 3.75. The Balaban J connectivity index is 1.43. The van der Waals surface area contributed by atoms with Gasteiger partial charge in [0.15, 0.2) is 0 Å². The monoisotopic (exact) mass is 443 g/mol. The molecule has 2 aliphatic heterocycles. The first-order chi connectivity index (χ1) is 14.7. The van der Waals surface area contributed by atoms with E-state index in [9.17, 15) is 9.18 Å². The summed E-state index contributed by atoms with van der Waals surface area (Å²) in [6, 6.07) is 8.83. The Morgan fingerprint density at radius 1 is 1.17 bits per heavy atom. The number of nitrogens with one attached hydrogen (secondary N) is 1. The minimum Gasteiger partial charge on any atom is -0.378 e. The molecule has 1 N–H and O–H groups in total. The molecule has 0 saturated carbocycles. The second kappa shape index (κ2) is 8.45. The first-order valence-corrected chi connectivity index (χ1v) is 12.0. The van der Waals surface area contributed by atoms with Gasteiger partial charge in [0.25, 0.3) is 5.91 Å². The van der Waals surface area contributed by atoms with Crippen LogP contribution in [0.5, 0.6) is 0 Å². The molecule has 0 bridgehead atoms. The van der Waals surface area contributed by atoms with Crippen LogP contribution >= 0.6 is 23.1 Å². The van der Waals surface area contributed by atoms with E-state index in [4.69, 9.17) is 4.74 Å². The molecule has 4 heterocycles. The molecule has 0 radical (unpaired) electrons. The van der Waals surface area contributed by atoms with Crippen molar-refractivity contribution in [3.05, 3.63) is 64.5 Å². The van der Waals surface area contributed by atoms with Gasteiger partial charge in [-0.1, -0.05) is 0 Å². The van der Waals surface area contributed by atoms with Crippen molar-refractivity contribution >= 4 is 40.4 Å². The summed E-state index contributed by atoms with van der Waals surface area (Å²) >= 11 is 3.57. The molecule has 1 fully saturated rings. The fraction of sp³-hybridized carbons (Fsp3) is 0.318. The van der Waals surface area contributed by atoms with Crippen molar-refractivity contribution in [2.24, 2.45) is 0 Å². The van der Waals surface area contributed by atoms with Crippen LogP contribution in [0.2, 0.25) is 0 Å². The van der Waals surface area contributed by atoms with Crippen LogP contribution in [0, 0.1) is 5.82 Å². The summed E-state index contributed by atoms with van der Waals surface area (Å²) in [5.41, 5.74) is 2.86. The second-order valence-corrected chi connectivity index (χ2v) is 9.49. The lowest BCUT2D eigenvalue weighted by Crippen LogP contribution is -2.36. The van der Waals surface area contributed by atoms with Crippen LogP contribution in [0.15, 0.2) is 42.7 Å². The van der Waals surface area contributed by atoms with Gasteiger partial charge in [-0.05, 0) is 48.1 Å². The van der Waals surface area contributed by atoms with Crippen molar-refractivity contribution in [3.63, 3.8) is 0 Å². The molecule has 1 aromatic carbocycles. The van der Waals surface area contributed by atoms with Gasteiger partial charge >= 0.3 is 0 Å². The lowest BCUT2D eigenvalue weighted by molar-refractivity contribution is 0.102. The third-order valence-electron chi connectivity index (χ3n) is 5.43. The highest BCUT2D eigenvalue weighted by Crippen LogP contribution is 2.38. The average Bonchev–Trinajstić information content (AvgIpc) is 3.42. The maximum absolute atomic E-state index is 14.8. The van der Waals surface area contributed by atoms with Gasteiger partial charge in [0.05, 0.1) is 24.5 Å². The molecule has 1 amide bonds. The quantitative estimate of drug-likeness (QED) is 0.642. The molecule has 8 heteroatoms. The van der Waals surface area contributed by atoms with E-state index in [1.54, 1.807) is 23.5 Å². The Morgan fingerprint density at radius 2 is 1.97 bits per heavy atom. The zero-order chi connectivity index (χ0) is 20.5. The average molecular weight is 444 g/mol. The topological polar surface area (TPSA) is 46.5 Å². The number of benzene rings is 1. The van der Waals surface area contributed by atoms with Crippen LogP contribution in [0.25, 0.3) is 5.00 Å². The minimum absolute atomic E-state index is 0.179. The standard InChI is InChI=1S/C22H22FN3O2S2/c23-17-13-15(3-4-18(17)25-8-10-28-11-9-25)24-21(27)20-16-5-12-29-14-19(16)30-22(20)26-6-1-2-7-26/h1-4,6-7,13H,5,8-12,14H2,(H,24,27). The van der Waals surface area contributed by atoms with Crippen molar-refractivity contribution in [1.82, 2.24) is 4.57 Å². The number of thiophene rings is 1. The van der Waals surface area contributed by atoms with E-state index >= 15 is 0 Å². The molecule has 3 aromatic rings. The molecular weight excluding hydrogens is 421 g/mol. The fourth-order valence-electron chi connectivity index (χ4n) is 3.94. The van der Waals surface area contributed by atoms with Crippen LogP contribution in [0.3, 0.4) is 0 Å². The zero-order valence-electron chi connectivity index (χ0n) is 16.4. The number of carbonyl (C=O) groups excluding carboxylic acids is 1. The number of rotatable bonds is 4. The summed E-state index contributed by atoms with van der Waals surface area (Å²) in [4.78, 5) is 16.5. The summed E-state index contributed by atoms with van der Waals surface area (Å²) in [5.74, 6) is 1.44. The van der Waals surface area contributed by atoms with Crippen molar-refractivity contribution in [2.75, 3.05) is 42.3 Å². The van der Waals surface area contributed by atoms with Crippen LogP contribution in [-0.2, 0) is 16.9 Å². The molecule has 5 nitrogen and oxygen atoms in total. The first-order valence-electron chi connectivity index (χ1n) is 10.00. The highest BCUT2D eigenvalue weighted by atomic mass is 32.2. The van der Waals surface area contributed by atoms with Gasteiger partial charge in [-0.15, -0.1) is 11.3 Å². The Bertz CT molecular complexity index is 1060. The number of fused-ring (bicyclic) bond motifs is 1. The zero-order valence-corrected chi connectivity index (χ0v) is 18.0. The molecule has 0 spiro atoms. The van der Waals surface area contributed by atoms with Crippen molar-refractivity contribution in [2.45, 2.75) is 12.2 Å². The Hall–Kier alpha value is -2.29. The van der Waals surface area contributed by atoms with Gasteiger partial charge < -0.3 is 19.5 Å². The smallest absolute Gasteiger partial charge is 0.258 e. The van der Waals surface area contributed by atoms with Crippen LogP contribution in [0.4, 0.5) is 15.8 Å². The number of nitrogens with zero attached hydrogens (tertiary/aromatic N) is 2. The Morgan fingerprint density at radius 3 is 2.73 bits per heavy atom. The van der Waals surface area contributed by atoms with Gasteiger partial charge in [0.2, 0.25) is 0 Å². The predicted molar refractivity (Wildman–Crippen MR) is 121 cm³/mol. The molecule has 30 heavy (non-hydrogen) atoms. The SMILES string of the molecule is O=C(Nc1ccc(N2CCOCC2)c(F)c1)c1c(-n2cccc2)sc2c1CCSC2. The summed E-state index contributed by atoms with van der Waals surface area (Å²) in [6.45, 7) is 2.53. The van der Waals surface area contributed by atoms with Gasteiger partial charge in [0, 0.05) is 41.8 Å². The van der Waals surface area contributed by atoms with E-state index < -0.39 is 0 Å². The number of carbonyl (C=O) groups is 1. The van der Waals surface area contributed by atoms with Crippen LogP contribution < -0.4 is 10.2 Å². The second-order valence-electron chi connectivity index (χ2n) is 7.30. The highest BCUT2D eigenvalue weighted by Gasteiger charge is 2.26. The van der Waals surface area contributed by atoms with Crippen molar-refractivity contribution in [1.29, 1.82) is 0 Å². The maximum Gasteiger partial charge on any atom is 0.258 e. The van der Waals surface area contributed by atoms with Gasteiger partial charge in [-0.25, -0.2) is 4.39 Å². The van der Waals surface area contributed by atoms with Crippen molar-refractivity contribution in [3.8, 4) is 5.00 Å². The van der Waals surface area contributed by atoms with E-state index in [1.165, 1.54) is 10.9 Å². The molecule has 0 unspecified atom stereocenters. The maximum atomic E-state index is 14.8. The summed E-state index contributed by atoms with van der Waals surface area (Å²) < 4.78 is 22.1. The van der Waals surface area contributed by atoms with E-state index in [-0.39, 0.29) is 11.7 Å². The molecular formula is C22H22FN3O2S2. The normalized spacial score (nSPS) is 16.4. The Labute approximate surface area is 182 Å². The largest absolute Gasteiger partial charge is 0.378 e. The summed E-state index contributed by atoms with van der Waals surface area (Å²) in [6.07, 6.45) is 4.79. The third-order valence-corrected chi connectivity index (χ3v) is 7.84. The minimum atomic E-state index is -0.330. The molecule has 2 aromatic heterocycles. The molecule has 0 aliphatic carbocycles. The first kappa shape index (κ1) is 19.7. The number of aromatic nitrogens is 1. The summed E-state index contributed by atoms with van der Waals surface area (Å²) in [7, 11) is 0. The van der Waals surface area contributed by atoms with E-state index in [0.29, 0.717) is 43.2 Å². The molecule has 2 aliphatic rings. The van der Waals surface area contributed by atoms with Gasteiger partial charge in [-0.2, -0.15) is 11.8 Å². The lowest BCUT2D eigenvalue weighted by atomic mass is 10.1. The van der Waals surface area contributed by atoms with Crippen LogP contribution in [-0.4, -0.2) is 42.5 Å². The van der Waals surface area contributed by atoms with E-state index in [2.05, 4.69) is 5.32 Å². The number of amides is 1. The predicted octanol–water partition coefficient (Wildman–Crippen LogP) is 4.56. The lowest BCUT2D eigenvalue weighted by Gasteiger charge is -2.29. The van der Waals surface area contributed by atoms with Gasteiger partial charge in [-0.3, -0.25) is 4.79 Å². The Kier molecular flexibility index (Phi) is 5.54. The number of morpholine rings is 1. The number of hydrogen-bond acceptors (Lipinski definition) is 5. The fourth-order valence-corrected chi connectivity index (χ4v) is 6.39. The van der Waals surface area contributed by atoms with Crippen molar-refractivity contribution < 1.29 is 13.9 Å². The van der Waals surface area contributed by atoms with E-state index in [0.717, 1.165) is 28.5 Å². The molecule has 156 valence electrons.